The summed E-state index contributed by atoms with van der Waals surface area (Å²) >= 11 is 0. The molecule has 0 fully saturated rings. The van der Waals surface area contributed by atoms with Gasteiger partial charge in [0.2, 0.25) is 6.79 Å². The van der Waals surface area contributed by atoms with Gasteiger partial charge in [0, 0.05) is 25.5 Å². The smallest absolute Gasteiger partial charge is 0.253 e. The third-order valence-electron chi connectivity index (χ3n) is 4.15. The summed E-state index contributed by atoms with van der Waals surface area (Å²) in [7, 11) is 0. The van der Waals surface area contributed by atoms with Crippen molar-refractivity contribution in [1.29, 1.82) is 0 Å². The van der Waals surface area contributed by atoms with E-state index in [-0.39, 0.29) is 12.7 Å². The van der Waals surface area contributed by atoms with Gasteiger partial charge in [-0.05, 0) is 41.8 Å². The van der Waals surface area contributed by atoms with Gasteiger partial charge in [-0.2, -0.15) is 0 Å². The minimum Gasteiger partial charge on any atom is -0.454 e. The number of rotatable bonds is 3. The molecule has 1 aromatic carbocycles. The van der Waals surface area contributed by atoms with Gasteiger partial charge in [-0.3, -0.25) is 9.78 Å². The number of carbonyl (C=O) groups excluding carboxylic acids is 1. The summed E-state index contributed by atoms with van der Waals surface area (Å²) in [6, 6.07) is 5.68. The van der Waals surface area contributed by atoms with Crippen LogP contribution in [0.1, 0.15) is 27.0 Å². The largest absolute Gasteiger partial charge is 0.454 e. The van der Waals surface area contributed by atoms with Crippen molar-refractivity contribution in [2.45, 2.75) is 19.5 Å². The van der Waals surface area contributed by atoms with Crippen LogP contribution < -0.4 is 20.1 Å². The first kappa shape index (κ1) is 14.0. The first-order valence-corrected chi connectivity index (χ1v) is 7.64. The van der Waals surface area contributed by atoms with Crippen LogP contribution in [0.3, 0.4) is 0 Å². The first-order chi connectivity index (χ1) is 11.3. The third kappa shape index (κ3) is 2.73. The molecule has 2 aromatic rings. The standard InChI is InChI=1S/C17H17N3O3/c21-17(14-9-19-8-12-7-18-4-3-13(12)14)20-6-11-1-2-15-16(5-11)23-10-22-15/h1-2,5,8-9,18H,3-4,6-7,10H2,(H,20,21). The van der Waals surface area contributed by atoms with Crippen LogP contribution >= 0.6 is 0 Å². The molecule has 1 aromatic heterocycles. The number of nitrogens with one attached hydrogen (secondary N) is 2. The fourth-order valence-corrected chi connectivity index (χ4v) is 2.94. The van der Waals surface area contributed by atoms with Gasteiger partial charge in [0.1, 0.15) is 0 Å². The van der Waals surface area contributed by atoms with E-state index in [2.05, 4.69) is 15.6 Å². The fourth-order valence-electron chi connectivity index (χ4n) is 2.94. The summed E-state index contributed by atoms with van der Waals surface area (Å²) in [5.74, 6) is 1.38. The molecule has 0 atom stereocenters. The van der Waals surface area contributed by atoms with Gasteiger partial charge in [0.05, 0.1) is 5.56 Å². The molecule has 6 nitrogen and oxygen atoms in total. The van der Waals surface area contributed by atoms with Crippen molar-refractivity contribution in [3.63, 3.8) is 0 Å². The van der Waals surface area contributed by atoms with Crippen molar-refractivity contribution in [3.05, 3.63) is 52.8 Å². The fraction of sp³-hybridized carbons (Fsp3) is 0.294. The zero-order valence-electron chi connectivity index (χ0n) is 12.6. The van der Waals surface area contributed by atoms with Crippen molar-refractivity contribution < 1.29 is 14.3 Å². The Morgan fingerprint density at radius 1 is 1.26 bits per heavy atom. The highest BCUT2D eigenvalue weighted by Gasteiger charge is 2.18. The van der Waals surface area contributed by atoms with Crippen LogP contribution in [0.25, 0.3) is 0 Å². The summed E-state index contributed by atoms with van der Waals surface area (Å²) in [5, 5.41) is 6.25. The lowest BCUT2D eigenvalue weighted by Gasteiger charge is -2.19. The second kappa shape index (κ2) is 5.89. The van der Waals surface area contributed by atoms with E-state index < -0.39 is 0 Å². The lowest BCUT2D eigenvalue weighted by atomic mass is 9.98. The number of benzene rings is 1. The Morgan fingerprint density at radius 3 is 3.13 bits per heavy atom. The topological polar surface area (TPSA) is 72.5 Å². The Hall–Kier alpha value is -2.60. The average molecular weight is 311 g/mol. The van der Waals surface area contributed by atoms with Gasteiger partial charge >= 0.3 is 0 Å². The van der Waals surface area contributed by atoms with Crippen molar-refractivity contribution in [2.24, 2.45) is 0 Å². The van der Waals surface area contributed by atoms with E-state index in [9.17, 15) is 4.79 Å². The summed E-state index contributed by atoms with van der Waals surface area (Å²) in [6.07, 6.45) is 4.33. The summed E-state index contributed by atoms with van der Waals surface area (Å²) < 4.78 is 10.6. The number of hydrogen-bond donors (Lipinski definition) is 2. The minimum atomic E-state index is -0.0890. The van der Waals surface area contributed by atoms with E-state index >= 15 is 0 Å². The normalized spacial score (nSPS) is 15.1. The van der Waals surface area contributed by atoms with E-state index in [1.165, 1.54) is 0 Å². The predicted octanol–water partition coefficient (Wildman–Crippen LogP) is 1.39. The summed E-state index contributed by atoms with van der Waals surface area (Å²) in [5.41, 5.74) is 3.85. The Morgan fingerprint density at radius 2 is 2.17 bits per heavy atom. The Labute approximate surface area is 133 Å². The molecule has 0 saturated heterocycles. The van der Waals surface area contributed by atoms with Gasteiger partial charge in [-0.25, -0.2) is 0 Å². The average Bonchev–Trinajstić information content (AvgIpc) is 3.07. The highest BCUT2D eigenvalue weighted by Crippen LogP contribution is 2.32. The second-order valence-corrected chi connectivity index (χ2v) is 5.62. The maximum Gasteiger partial charge on any atom is 0.253 e. The molecule has 4 rings (SSSR count). The summed E-state index contributed by atoms with van der Waals surface area (Å²) in [4.78, 5) is 16.7. The number of nitrogens with zero attached hydrogens (tertiary/aromatic N) is 1. The highest BCUT2D eigenvalue weighted by molar-refractivity contribution is 5.95. The minimum absolute atomic E-state index is 0.0890. The third-order valence-corrected chi connectivity index (χ3v) is 4.15. The van der Waals surface area contributed by atoms with Gasteiger partial charge < -0.3 is 20.1 Å². The molecule has 118 valence electrons. The van der Waals surface area contributed by atoms with Crippen molar-refractivity contribution in [1.82, 2.24) is 15.6 Å². The van der Waals surface area contributed by atoms with E-state index in [1.807, 2.05) is 24.4 Å². The molecule has 0 radical (unpaired) electrons. The number of amides is 1. The molecule has 0 bridgehead atoms. The van der Waals surface area contributed by atoms with Crippen LogP contribution in [-0.2, 0) is 19.5 Å². The van der Waals surface area contributed by atoms with E-state index in [1.54, 1.807) is 6.20 Å². The van der Waals surface area contributed by atoms with Crippen LogP contribution in [-0.4, -0.2) is 24.2 Å². The SMILES string of the molecule is O=C(NCc1ccc2c(c1)OCO2)c1cncc2c1CCNC2. The maximum absolute atomic E-state index is 12.5. The second-order valence-electron chi connectivity index (χ2n) is 5.62. The first-order valence-electron chi connectivity index (χ1n) is 7.64. The number of fused-ring (bicyclic) bond motifs is 2. The van der Waals surface area contributed by atoms with Crippen molar-refractivity contribution >= 4 is 5.91 Å². The number of carbonyl (C=O) groups is 1. The van der Waals surface area contributed by atoms with Crippen molar-refractivity contribution in [2.75, 3.05) is 13.3 Å². The molecule has 2 aliphatic rings. The van der Waals surface area contributed by atoms with E-state index in [0.29, 0.717) is 12.1 Å². The molecule has 1 amide bonds. The molecule has 3 heterocycles. The van der Waals surface area contributed by atoms with Gasteiger partial charge in [-0.1, -0.05) is 6.07 Å². The number of ether oxygens (including phenoxy) is 2. The van der Waals surface area contributed by atoms with Gasteiger partial charge in [0.25, 0.3) is 5.91 Å². The van der Waals surface area contributed by atoms with Gasteiger partial charge in [0.15, 0.2) is 11.5 Å². The Bertz CT molecular complexity index is 761. The molecular weight excluding hydrogens is 294 g/mol. The lowest BCUT2D eigenvalue weighted by molar-refractivity contribution is 0.0949. The van der Waals surface area contributed by atoms with Gasteiger partial charge in [-0.15, -0.1) is 0 Å². The molecule has 0 saturated carbocycles. The molecule has 2 aliphatic heterocycles. The number of hydrogen-bond acceptors (Lipinski definition) is 5. The molecular formula is C17H17N3O3. The predicted molar refractivity (Wildman–Crippen MR) is 83.4 cm³/mol. The van der Waals surface area contributed by atoms with Crippen LogP contribution in [0.4, 0.5) is 0 Å². The molecule has 2 N–H and O–H groups in total. The monoisotopic (exact) mass is 311 g/mol. The quantitative estimate of drug-likeness (QED) is 0.896. The summed E-state index contributed by atoms with van der Waals surface area (Å²) in [6.45, 7) is 2.35. The lowest BCUT2D eigenvalue weighted by Crippen LogP contribution is -2.29. The van der Waals surface area contributed by atoms with Crippen LogP contribution in [0.15, 0.2) is 30.6 Å². The number of aromatic nitrogens is 1. The molecule has 23 heavy (non-hydrogen) atoms. The van der Waals surface area contributed by atoms with Crippen molar-refractivity contribution in [3.8, 4) is 11.5 Å². The number of pyridine rings is 1. The molecule has 6 heteroatoms. The Balaban J connectivity index is 1.48. The van der Waals surface area contributed by atoms with E-state index in [0.717, 1.165) is 47.7 Å². The maximum atomic E-state index is 12.5. The molecule has 0 aliphatic carbocycles. The highest BCUT2D eigenvalue weighted by atomic mass is 16.7. The molecule has 0 unspecified atom stereocenters. The van der Waals surface area contributed by atoms with Crippen LogP contribution in [0, 0.1) is 0 Å². The van der Waals surface area contributed by atoms with E-state index in [4.69, 9.17) is 9.47 Å². The zero-order chi connectivity index (χ0) is 15.6. The Kier molecular flexibility index (Phi) is 3.59. The van der Waals surface area contributed by atoms with Crippen LogP contribution in [0.5, 0.6) is 11.5 Å². The molecule has 0 spiro atoms. The van der Waals surface area contributed by atoms with Crippen LogP contribution in [0.2, 0.25) is 0 Å². The zero-order valence-corrected chi connectivity index (χ0v) is 12.6.